The summed E-state index contributed by atoms with van der Waals surface area (Å²) in [4.78, 5) is 11.2. The number of ether oxygens (including phenoxy) is 1. The van der Waals surface area contributed by atoms with Crippen LogP contribution in [0.4, 0.5) is 0 Å². The van der Waals surface area contributed by atoms with Crippen molar-refractivity contribution in [3.05, 3.63) is 39.9 Å². The summed E-state index contributed by atoms with van der Waals surface area (Å²) in [5.41, 5.74) is 2.15. The molecule has 5 nitrogen and oxygen atoms in total. The summed E-state index contributed by atoms with van der Waals surface area (Å²) in [5, 5.41) is 0. The van der Waals surface area contributed by atoms with E-state index in [1.54, 1.807) is 24.3 Å². The van der Waals surface area contributed by atoms with Crippen molar-refractivity contribution in [1.29, 1.82) is 0 Å². The van der Waals surface area contributed by atoms with Gasteiger partial charge in [-0.1, -0.05) is 39.2 Å². The van der Waals surface area contributed by atoms with E-state index < -0.39 is 10.1 Å². The van der Waals surface area contributed by atoms with E-state index >= 15 is 0 Å². The van der Waals surface area contributed by atoms with Crippen LogP contribution in [0.15, 0.2) is 39.2 Å². The monoisotopic (exact) mass is 416 g/mol. The first-order chi connectivity index (χ1) is 11.3. The Bertz CT molecular complexity index is 722. The molecule has 0 heterocycles. The number of halogens is 1. The van der Waals surface area contributed by atoms with Crippen LogP contribution in [0.5, 0.6) is 0 Å². The van der Waals surface area contributed by atoms with E-state index in [4.69, 9.17) is 8.92 Å². The topological polar surface area (TPSA) is 69.7 Å². The normalized spacial score (nSPS) is 18.0. The molecule has 0 bridgehead atoms. The highest BCUT2D eigenvalue weighted by atomic mass is 79.9. The maximum atomic E-state index is 12.1. The summed E-state index contributed by atoms with van der Waals surface area (Å²) in [6.45, 7) is 3.41. The molecule has 1 atom stereocenters. The number of carbonyl (C=O) groups excluding carboxylic acids is 1. The van der Waals surface area contributed by atoms with Crippen LogP contribution in [0.25, 0.3) is 0 Å². The molecule has 2 rings (SSSR count). The van der Waals surface area contributed by atoms with Crippen LogP contribution in [-0.2, 0) is 23.8 Å². The van der Waals surface area contributed by atoms with Gasteiger partial charge < -0.3 is 4.74 Å². The Morgan fingerprint density at radius 1 is 1.29 bits per heavy atom. The average Bonchev–Trinajstić information content (AvgIpc) is 2.84. The fourth-order valence-electron chi connectivity index (χ4n) is 2.56. The van der Waals surface area contributed by atoms with Crippen molar-refractivity contribution in [2.75, 3.05) is 6.61 Å². The largest absolute Gasteiger partial charge is 0.457 e. The Balaban J connectivity index is 1.83. The van der Waals surface area contributed by atoms with Crippen molar-refractivity contribution in [3.8, 4) is 0 Å². The second kappa shape index (κ2) is 8.27. The van der Waals surface area contributed by atoms with Gasteiger partial charge in [0.25, 0.3) is 10.1 Å². The van der Waals surface area contributed by atoms with Crippen molar-refractivity contribution in [2.24, 2.45) is 0 Å². The van der Waals surface area contributed by atoms with Crippen molar-refractivity contribution < 1.29 is 22.1 Å². The molecule has 0 radical (unpaired) electrons. The molecule has 1 aromatic rings. The van der Waals surface area contributed by atoms with Crippen LogP contribution >= 0.6 is 15.9 Å². The molecule has 0 saturated carbocycles. The lowest BCUT2D eigenvalue weighted by atomic mass is 10.1. The molecule has 0 aliphatic heterocycles. The minimum absolute atomic E-state index is 0.123. The highest BCUT2D eigenvalue weighted by molar-refractivity contribution is 9.11. The Kier molecular flexibility index (Phi) is 6.60. The molecule has 0 N–H and O–H groups in total. The van der Waals surface area contributed by atoms with Gasteiger partial charge >= 0.3 is 5.97 Å². The molecule has 1 aromatic carbocycles. The molecule has 132 valence electrons. The highest BCUT2D eigenvalue weighted by Crippen LogP contribution is 2.35. The maximum Gasteiger partial charge on any atom is 0.303 e. The maximum absolute atomic E-state index is 12.1. The third-order valence-electron chi connectivity index (χ3n) is 3.81. The first-order valence-corrected chi connectivity index (χ1v) is 10.0. The number of allylic oxidation sites excluding steroid dienone is 1. The van der Waals surface area contributed by atoms with Crippen molar-refractivity contribution in [3.63, 3.8) is 0 Å². The molecule has 0 unspecified atom stereocenters. The molecule has 7 heteroatoms. The summed E-state index contributed by atoms with van der Waals surface area (Å²) >= 11 is 3.48. The SMILES string of the molecule is CC(=O)O[C@@H]1CCC(CCCOS(=O)(=O)c2ccc(C)cc2)=C1Br. The zero-order valence-corrected chi connectivity index (χ0v) is 16.2. The van der Waals surface area contributed by atoms with E-state index in [0.717, 1.165) is 28.5 Å². The first-order valence-electron chi connectivity index (χ1n) is 7.80. The third-order valence-corrected chi connectivity index (χ3v) is 6.21. The molecular weight excluding hydrogens is 396 g/mol. The zero-order valence-electron chi connectivity index (χ0n) is 13.7. The van der Waals surface area contributed by atoms with Crippen LogP contribution in [-0.4, -0.2) is 27.1 Å². The molecule has 24 heavy (non-hydrogen) atoms. The number of rotatable bonds is 7. The minimum Gasteiger partial charge on any atom is -0.457 e. The van der Waals surface area contributed by atoms with E-state index in [-0.39, 0.29) is 23.6 Å². The van der Waals surface area contributed by atoms with Crippen LogP contribution in [0, 0.1) is 6.92 Å². The van der Waals surface area contributed by atoms with Crippen LogP contribution in [0.2, 0.25) is 0 Å². The number of carbonyl (C=O) groups is 1. The van der Waals surface area contributed by atoms with Crippen molar-refractivity contribution >= 4 is 32.0 Å². The predicted molar refractivity (Wildman–Crippen MR) is 94.3 cm³/mol. The second-order valence-corrected chi connectivity index (χ2v) is 8.25. The van der Waals surface area contributed by atoms with Gasteiger partial charge in [0.15, 0.2) is 0 Å². The van der Waals surface area contributed by atoms with Crippen LogP contribution in [0.3, 0.4) is 0 Å². The molecule has 1 aliphatic carbocycles. The summed E-state index contributed by atoms with van der Waals surface area (Å²) in [6.07, 6.45) is 2.68. The van der Waals surface area contributed by atoms with E-state index in [9.17, 15) is 13.2 Å². The van der Waals surface area contributed by atoms with Gasteiger partial charge in [-0.25, -0.2) is 0 Å². The molecule has 0 spiro atoms. The quantitative estimate of drug-likeness (QED) is 0.383. The molecule has 0 amide bonds. The zero-order chi connectivity index (χ0) is 17.7. The van der Waals surface area contributed by atoms with Gasteiger partial charge in [-0.15, -0.1) is 0 Å². The lowest BCUT2D eigenvalue weighted by molar-refractivity contribution is -0.144. The van der Waals surface area contributed by atoms with E-state index in [1.807, 2.05) is 6.92 Å². The van der Waals surface area contributed by atoms with Gasteiger partial charge in [0.1, 0.15) is 6.10 Å². The van der Waals surface area contributed by atoms with Crippen LogP contribution in [0.1, 0.15) is 38.2 Å². The van der Waals surface area contributed by atoms with Gasteiger partial charge in [0, 0.05) is 11.4 Å². The molecule has 0 fully saturated rings. The van der Waals surface area contributed by atoms with E-state index in [2.05, 4.69) is 15.9 Å². The second-order valence-electron chi connectivity index (χ2n) is 5.78. The van der Waals surface area contributed by atoms with Gasteiger partial charge in [-0.2, -0.15) is 8.42 Å². The lowest BCUT2D eigenvalue weighted by Crippen LogP contribution is -2.12. The van der Waals surface area contributed by atoms with Gasteiger partial charge in [0.2, 0.25) is 0 Å². The van der Waals surface area contributed by atoms with Gasteiger partial charge in [0.05, 0.1) is 11.5 Å². The number of esters is 1. The number of benzene rings is 1. The molecular formula is C17H21BrO5S. The Labute approximate surface area is 151 Å². The Morgan fingerprint density at radius 3 is 2.58 bits per heavy atom. The minimum atomic E-state index is -3.71. The standard InChI is InChI=1S/C17H21BrO5S/c1-12-5-8-15(9-6-12)24(20,21)22-11-3-4-14-7-10-16(17(14)18)23-13(2)19/h5-6,8-9,16H,3-4,7,10-11H2,1-2H3/t16-/m1/s1. The average molecular weight is 417 g/mol. The fourth-order valence-corrected chi connectivity index (χ4v) is 4.22. The predicted octanol–water partition coefficient (Wildman–Crippen LogP) is 3.86. The van der Waals surface area contributed by atoms with E-state index in [1.165, 1.54) is 6.92 Å². The number of hydrogen-bond donors (Lipinski definition) is 0. The third kappa shape index (κ3) is 5.16. The molecule has 0 saturated heterocycles. The summed E-state index contributed by atoms with van der Waals surface area (Å²) in [6, 6.07) is 6.58. The smallest absolute Gasteiger partial charge is 0.303 e. The summed E-state index contributed by atoms with van der Waals surface area (Å²) in [5.74, 6) is -0.300. The summed E-state index contributed by atoms with van der Waals surface area (Å²) in [7, 11) is -3.71. The van der Waals surface area contributed by atoms with Crippen molar-refractivity contribution in [2.45, 2.75) is 50.5 Å². The van der Waals surface area contributed by atoms with Crippen molar-refractivity contribution in [1.82, 2.24) is 0 Å². The fraction of sp³-hybridized carbons (Fsp3) is 0.471. The highest BCUT2D eigenvalue weighted by Gasteiger charge is 2.25. The summed E-state index contributed by atoms with van der Waals surface area (Å²) < 4.78 is 35.4. The van der Waals surface area contributed by atoms with E-state index in [0.29, 0.717) is 12.8 Å². The van der Waals surface area contributed by atoms with Gasteiger partial charge in [-0.3, -0.25) is 8.98 Å². The molecule has 0 aromatic heterocycles. The molecule has 1 aliphatic rings. The Hall–Kier alpha value is -1.18. The first kappa shape index (κ1) is 19.1. The van der Waals surface area contributed by atoms with Gasteiger partial charge in [-0.05, 0) is 44.7 Å². The number of aryl methyl sites for hydroxylation is 1. The lowest BCUT2D eigenvalue weighted by Gasteiger charge is -2.10. The number of hydrogen-bond acceptors (Lipinski definition) is 5. The Morgan fingerprint density at radius 2 is 1.96 bits per heavy atom. The van der Waals surface area contributed by atoms with Crippen LogP contribution < -0.4 is 0 Å².